The van der Waals surface area contributed by atoms with E-state index in [-0.39, 0.29) is 12.1 Å². The minimum atomic E-state index is -2.37. The normalized spacial score (nSPS) is 16.6. The number of ether oxygens (including phenoxy) is 1. The molecule has 5 nitrogen and oxygen atoms in total. The summed E-state index contributed by atoms with van der Waals surface area (Å²) in [6, 6.07) is 8.19. The number of aliphatic hydroxyl groups is 2. The highest BCUT2D eigenvalue weighted by atomic mass is 16.5. The van der Waals surface area contributed by atoms with Crippen molar-refractivity contribution in [3.05, 3.63) is 65.1 Å². The summed E-state index contributed by atoms with van der Waals surface area (Å²) >= 11 is 0. The van der Waals surface area contributed by atoms with Crippen molar-refractivity contribution in [3.8, 4) is 5.75 Å². The van der Waals surface area contributed by atoms with E-state index in [2.05, 4.69) is 5.32 Å². The zero-order valence-corrected chi connectivity index (χ0v) is 17.4. The monoisotopic (exact) mass is 421 g/mol. The Morgan fingerprint density at radius 2 is 1.87 bits per heavy atom. The molecular formula is C25H37NO4. The van der Waals surface area contributed by atoms with Gasteiger partial charge in [0.2, 0.25) is 0 Å². The number of hydrogen-bond acceptors (Lipinski definition) is 5. The Hall–Kier alpha value is -1.92. The molecule has 0 spiro atoms. The van der Waals surface area contributed by atoms with Crippen molar-refractivity contribution in [3.63, 3.8) is 0 Å². The van der Waals surface area contributed by atoms with Crippen LogP contribution in [0.2, 0.25) is 0 Å². The number of aliphatic hydroxyl groups excluding tert-OH is 1. The van der Waals surface area contributed by atoms with Gasteiger partial charge >= 0.3 is 0 Å². The van der Waals surface area contributed by atoms with Gasteiger partial charge < -0.3 is 25.4 Å². The Morgan fingerprint density at radius 3 is 2.67 bits per heavy atom. The molecule has 2 aromatic carbocycles. The molecule has 0 fully saturated rings. The third-order valence-electron chi connectivity index (χ3n) is 4.65. The predicted molar refractivity (Wildman–Crippen MR) is 121 cm³/mol. The Labute approximate surface area is 189 Å². The molecular weight excluding hydrogens is 378 g/mol. The lowest BCUT2D eigenvalue weighted by Crippen LogP contribution is -2.22. The lowest BCUT2D eigenvalue weighted by atomic mass is 10.1. The molecule has 166 valence electrons. The van der Waals surface area contributed by atoms with Gasteiger partial charge in [0, 0.05) is 25.3 Å². The first-order chi connectivity index (χ1) is 17.0. The predicted octanol–water partition coefficient (Wildman–Crippen LogP) is 4.11. The van der Waals surface area contributed by atoms with Crippen molar-refractivity contribution < 1.29 is 28.3 Å². The minimum absolute atomic E-state index is 0.286. The first-order valence-corrected chi connectivity index (χ1v) is 10.5. The zero-order valence-electron chi connectivity index (χ0n) is 23.4. The van der Waals surface area contributed by atoms with Crippen molar-refractivity contribution >= 4 is 0 Å². The number of unbranched alkanes of at least 4 members (excludes halogenated alkanes) is 3. The van der Waals surface area contributed by atoms with Crippen molar-refractivity contribution in [1.82, 2.24) is 5.32 Å². The zero-order chi connectivity index (χ0) is 26.8. The van der Waals surface area contributed by atoms with Crippen LogP contribution >= 0.6 is 0 Å². The molecule has 1 unspecified atom stereocenters. The fourth-order valence-electron chi connectivity index (χ4n) is 2.92. The molecule has 5 heteroatoms. The molecule has 4 N–H and O–H groups in total. The van der Waals surface area contributed by atoms with Gasteiger partial charge in [-0.3, -0.25) is 0 Å². The molecule has 0 aromatic heterocycles. The van der Waals surface area contributed by atoms with E-state index in [1.54, 1.807) is 0 Å². The Balaban J connectivity index is 1.64. The lowest BCUT2D eigenvalue weighted by Gasteiger charge is -2.14. The van der Waals surface area contributed by atoms with Crippen LogP contribution in [0.4, 0.5) is 0 Å². The van der Waals surface area contributed by atoms with Crippen molar-refractivity contribution in [1.29, 1.82) is 0 Å². The van der Waals surface area contributed by atoms with Crippen LogP contribution in [0.1, 0.15) is 69.5 Å². The highest BCUT2D eigenvalue weighted by molar-refractivity contribution is 5.36. The third-order valence-corrected chi connectivity index (χ3v) is 4.65. The van der Waals surface area contributed by atoms with E-state index in [1.165, 1.54) is 5.56 Å². The molecule has 2 rings (SSSR count). The number of nitrogens with one attached hydrogen (secondary N) is 1. The van der Waals surface area contributed by atoms with Crippen LogP contribution < -0.4 is 5.32 Å². The van der Waals surface area contributed by atoms with Crippen LogP contribution in [0.5, 0.6) is 5.75 Å². The summed E-state index contributed by atoms with van der Waals surface area (Å²) < 4.78 is 53.3. The van der Waals surface area contributed by atoms with Gasteiger partial charge in [0.15, 0.2) is 0 Å². The molecule has 0 radical (unpaired) electrons. The fourth-order valence-corrected chi connectivity index (χ4v) is 2.92. The van der Waals surface area contributed by atoms with Gasteiger partial charge in [-0.1, -0.05) is 49.2 Å². The highest BCUT2D eigenvalue weighted by Gasteiger charge is 2.09. The molecule has 0 bridgehead atoms. The fraction of sp³-hybridized carbons (Fsp3) is 0.520. The Kier molecular flexibility index (Phi) is 8.35. The molecule has 0 heterocycles. The van der Waals surface area contributed by atoms with Gasteiger partial charge in [0.1, 0.15) is 5.75 Å². The van der Waals surface area contributed by atoms with Gasteiger partial charge in [0.05, 0.1) is 20.9 Å². The van der Waals surface area contributed by atoms with Crippen molar-refractivity contribution in [2.24, 2.45) is 0 Å². The van der Waals surface area contributed by atoms with Gasteiger partial charge in [-0.15, -0.1) is 0 Å². The summed E-state index contributed by atoms with van der Waals surface area (Å²) in [5.41, 5.74) is 0.460. The van der Waals surface area contributed by atoms with Crippen LogP contribution in [0.15, 0.2) is 48.5 Å². The molecule has 0 amide bonds. The van der Waals surface area contributed by atoms with Gasteiger partial charge in [-0.25, -0.2) is 0 Å². The Bertz CT molecular complexity index is 960. The summed E-state index contributed by atoms with van der Waals surface area (Å²) in [6.45, 7) is -1.87. The number of aromatic hydroxyl groups is 1. The second-order valence-corrected chi connectivity index (χ2v) is 7.10. The van der Waals surface area contributed by atoms with Crippen LogP contribution in [0.3, 0.4) is 0 Å². The molecule has 0 aliphatic carbocycles. The van der Waals surface area contributed by atoms with E-state index in [1.807, 2.05) is 30.3 Å². The third kappa shape index (κ3) is 9.72. The average Bonchev–Trinajstić information content (AvgIpc) is 2.82. The lowest BCUT2D eigenvalue weighted by molar-refractivity contribution is 0.126. The molecule has 1 atom stereocenters. The van der Waals surface area contributed by atoms with Crippen LogP contribution in [-0.2, 0) is 17.8 Å². The maximum Gasteiger partial charge on any atom is 0.121 e. The summed E-state index contributed by atoms with van der Waals surface area (Å²) in [5.74, 6) is -0.691. The van der Waals surface area contributed by atoms with E-state index in [9.17, 15) is 15.3 Å². The quantitative estimate of drug-likeness (QED) is 0.307. The van der Waals surface area contributed by atoms with E-state index < -0.39 is 48.7 Å². The minimum Gasteiger partial charge on any atom is -0.508 e. The standard InChI is InChI=1S/C25H37NO4/c27-20-23-18-22(13-14-24(23)28)25(29)19-26-15-7-1-2-8-16-30-17-9-6-12-21-10-4-3-5-11-21/h3-5,10-11,13-14,18,25-29H,1-2,6-9,12,15-17,19-20H2/i13D,14D,17D2,18D,25D. The van der Waals surface area contributed by atoms with Crippen molar-refractivity contribution in [2.75, 3.05) is 26.3 Å². The SMILES string of the molecule is [2H]c1c([2H])c(C([2H])(O)CNCCCCCCOC([2H])([2H])CCCc2ccccc2)c([2H])c(CO)c1O. The van der Waals surface area contributed by atoms with Gasteiger partial charge in [-0.05, 0) is 61.9 Å². The van der Waals surface area contributed by atoms with E-state index >= 15 is 0 Å². The summed E-state index contributed by atoms with van der Waals surface area (Å²) in [7, 11) is 0. The maximum atomic E-state index is 10.5. The molecule has 0 aliphatic heterocycles. The molecule has 0 saturated carbocycles. The summed E-state index contributed by atoms with van der Waals surface area (Å²) in [5, 5.41) is 32.6. The smallest absolute Gasteiger partial charge is 0.121 e. The molecule has 0 saturated heterocycles. The largest absolute Gasteiger partial charge is 0.508 e. The summed E-state index contributed by atoms with van der Waals surface area (Å²) in [6.07, 6.45) is 2.62. The van der Waals surface area contributed by atoms with Gasteiger partial charge in [-0.2, -0.15) is 0 Å². The first kappa shape index (κ1) is 16.7. The van der Waals surface area contributed by atoms with E-state index in [4.69, 9.17) is 13.0 Å². The number of rotatable bonds is 16. The maximum absolute atomic E-state index is 10.5. The number of hydrogen-bond donors (Lipinski definition) is 4. The van der Waals surface area contributed by atoms with Crippen molar-refractivity contribution in [2.45, 2.75) is 57.6 Å². The second-order valence-electron chi connectivity index (χ2n) is 7.10. The van der Waals surface area contributed by atoms with E-state index in [0.717, 1.165) is 25.7 Å². The number of phenols is 1. The molecule has 0 aliphatic rings. The second kappa shape index (κ2) is 15.0. The van der Waals surface area contributed by atoms with Gasteiger partial charge in [0.25, 0.3) is 0 Å². The highest BCUT2D eigenvalue weighted by Crippen LogP contribution is 2.22. The average molecular weight is 422 g/mol. The van der Waals surface area contributed by atoms with E-state index in [0.29, 0.717) is 32.4 Å². The van der Waals surface area contributed by atoms with Crippen LogP contribution in [0.25, 0.3) is 0 Å². The van der Waals surface area contributed by atoms with Crippen LogP contribution in [0, 0.1) is 0 Å². The first-order valence-electron chi connectivity index (χ1n) is 13.5. The molecule has 2 aromatic rings. The Morgan fingerprint density at radius 1 is 1.07 bits per heavy atom. The number of aryl methyl sites for hydroxylation is 1. The molecule has 30 heavy (non-hydrogen) atoms. The summed E-state index contributed by atoms with van der Waals surface area (Å²) in [4.78, 5) is 0. The number of benzene rings is 2. The van der Waals surface area contributed by atoms with Crippen LogP contribution in [-0.4, -0.2) is 41.6 Å². The topological polar surface area (TPSA) is 82.0 Å².